The van der Waals surface area contributed by atoms with Crippen LogP contribution in [0.4, 0.5) is 0 Å². The van der Waals surface area contributed by atoms with Gasteiger partial charge in [0.15, 0.2) is 5.76 Å². The Kier molecular flexibility index (Phi) is 6.28. The first-order valence-electron chi connectivity index (χ1n) is 8.62. The number of nitrogens with one attached hydrogen (secondary N) is 1. The highest BCUT2D eigenvalue weighted by Crippen LogP contribution is 2.31. The summed E-state index contributed by atoms with van der Waals surface area (Å²) in [5.41, 5.74) is 0.962. The van der Waals surface area contributed by atoms with Crippen LogP contribution in [0.3, 0.4) is 0 Å². The minimum atomic E-state index is -0.0419. The van der Waals surface area contributed by atoms with Crippen LogP contribution in [-0.2, 0) is 11.3 Å². The Morgan fingerprint density at radius 2 is 2.08 bits per heavy atom. The van der Waals surface area contributed by atoms with Gasteiger partial charge in [-0.2, -0.15) is 0 Å². The summed E-state index contributed by atoms with van der Waals surface area (Å²) in [5.74, 6) is 1.17. The molecule has 3 heterocycles. The van der Waals surface area contributed by atoms with Gasteiger partial charge in [0.2, 0.25) is 5.91 Å². The average Bonchev–Trinajstić information content (AvgIpc) is 2.92. The minimum absolute atomic E-state index is 0. The van der Waals surface area contributed by atoms with Gasteiger partial charge in [-0.3, -0.25) is 9.69 Å². The van der Waals surface area contributed by atoms with Gasteiger partial charge in [-0.25, -0.2) is 0 Å². The lowest BCUT2D eigenvalue weighted by Crippen LogP contribution is -2.59. The molecule has 1 N–H and O–H groups in total. The maximum atomic E-state index is 12.9. The van der Waals surface area contributed by atoms with Crippen LogP contribution in [0.1, 0.15) is 38.1 Å². The zero-order valence-electron chi connectivity index (χ0n) is 14.9. The van der Waals surface area contributed by atoms with Crippen molar-refractivity contribution in [1.82, 2.24) is 20.3 Å². The summed E-state index contributed by atoms with van der Waals surface area (Å²) in [6, 6.07) is 1.94. The first kappa shape index (κ1) is 19.2. The highest BCUT2D eigenvalue weighted by Gasteiger charge is 2.39. The Bertz CT molecular complexity index is 553. The van der Waals surface area contributed by atoms with E-state index in [1.807, 2.05) is 17.9 Å². The molecule has 1 amide bonds. The summed E-state index contributed by atoms with van der Waals surface area (Å²) >= 11 is 0. The van der Waals surface area contributed by atoms with Crippen LogP contribution in [0.25, 0.3) is 0 Å². The fraction of sp³-hybridized carbons (Fsp3) is 0.765. The fourth-order valence-corrected chi connectivity index (χ4v) is 3.65. The van der Waals surface area contributed by atoms with Crippen molar-refractivity contribution in [2.24, 2.45) is 5.41 Å². The maximum Gasteiger partial charge on any atom is 0.240 e. The van der Waals surface area contributed by atoms with Crippen LogP contribution < -0.4 is 5.32 Å². The lowest BCUT2D eigenvalue weighted by atomic mass is 9.77. The molecule has 1 atom stereocenters. The molecule has 2 saturated heterocycles. The van der Waals surface area contributed by atoms with Crippen molar-refractivity contribution in [3.05, 3.63) is 17.5 Å². The normalized spacial score (nSPS) is 24.5. The molecule has 0 saturated carbocycles. The van der Waals surface area contributed by atoms with Gasteiger partial charge in [0.25, 0.3) is 0 Å². The Labute approximate surface area is 150 Å². The Balaban J connectivity index is 0.00000208. The molecule has 0 aliphatic carbocycles. The van der Waals surface area contributed by atoms with Crippen molar-refractivity contribution in [3.63, 3.8) is 0 Å². The molecule has 2 aliphatic heterocycles. The number of carbonyl (C=O) groups excluding carboxylic acids is 1. The molecule has 0 aromatic carbocycles. The Morgan fingerprint density at radius 1 is 1.38 bits per heavy atom. The van der Waals surface area contributed by atoms with Crippen LogP contribution in [0.15, 0.2) is 10.6 Å². The molecular formula is C17H29ClN4O2. The van der Waals surface area contributed by atoms with Gasteiger partial charge in [0, 0.05) is 32.2 Å². The predicted molar refractivity (Wildman–Crippen MR) is 95.2 cm³/mol. The lowest BCUT2D eigenvalue weighted by Gasteiger charge is -2.43. The van der Waals surface area contributed by atoms with Gasteiger partial charge in [-0.15, -0.1) is 12.4 Å². The van der Waals surface area contributed by atoms with Crippen LogP contribution >= 0.6 is 12.4 Å². The number of carbonyl (C=O) groups is 1. The van der Waals surface area contributed by atoms with Gasteiger partial charge in [0.05, 0.1) is 18.3 Å². The monoisotopic (exact) mass is 356 g/mol. The van der Waals surface area contributed by atoms with E-state index in [-0.39, 0.29) is 29.8 Å². The van der Waals surface area contributed by atoms with E-state index in [0.717, 1.165) is 63.6 Å². The van der Waals surface area contributed by atoms with Crippen LogP contribution in [0.5, 0.6) is 0 Å². The number of aryl methyl sites for hydroxylation is 1. The van der Waals surface area contributed by atoms with Gasteiger partial charge in [0.1, 0.15) is 0 Å². The Hall–Kier alpha value is -1.11. The molecule has 7 heteroatoms. The van der Waals surface area contributed by atoms with Crippen LogP contribution in [0, 0.1) is 12.3 Å². The number of aromatic nitrogens is 1. The average molecular weight is 357 g/mol. The van der Waals surface area contributed by atoms with Crippen molar-refractivity contribution < 1.29 is 9.32 Å². The summed E-state index contributed by atoms with van der Waals surface area (Å²) in [7, 11) is 0. The Morgan fingerprint density at radius 3 is 2.67 bits per heavy atom. The van der Waals surface area contributed by atoms with E-state index in [9.17, 15) is 4.79 Å². The van der Waals surface area contributed by atoms with E-state index in [1.165, 1.54) is 0 Å². The molecule has 0 bridgehead atoms. The molecular weight excluding hydrogens is 328 g/mol. The zero-order valence-corrected chi connectivity index (χ0v) is 15.7. The van der Waals surface area contributed by atoms with E-state index < -0.39 is 0 Å². The van der Waals surface area contributed by atoms with E-state index >= 15 is 0 Å². The molecule has 136 valence electrons. The molecule has 0 radical (unpaired) electrons. The van der Waals surface area contributed by atoms with Crippen molar-refractivity contribution in [2.45, 2.75) is 46.2 Å². The summed E-state index contributed by atoms with van der Waals surface area (Å²) in [6.45, 7) is 11.4. The third-order valence-corrected chi connectivity index (χ3v) is 5.11. The summed E-state index contributed by atoms with van der Waals surface area (Å²) in [4.78, 5) is 17.2. The molecule has 6 nitrogen and oxygen atoms in total. The minimum Gasteiger partial charge on any atom is -0.360 e. The van der Waals surface area contributed by atoms with Gasteiger partial charge >= 0.3 is 0 Å². The molecule has 1 aromatic rings. The predicted octanol–water partition coefficient (Wildman–Crippen LogP) is 1.83. The van der Waals surface area contributed by atoms with Crippen LogP contribution in [0.2, 0.25) is 0 Å². The molecule has 1 aromatic heterocycles. The molecule has 1 unspecified atom stereocenters. The third-order valence-electron chi connectivity index (χ3n) is 5.11. The van der Waals surface area contributed by atoms with Crippen molar-refractivity contribution in [3.8, 4) is 0 Å². The number of nitrogens with zero attached hydrogens (tertiary/aromatic N) is 3. The topological polar surface area (TPSA) is 61.6 Å². The first-order valence-corrected chi connectivity index (χ1v) is 8.62. The standard InChI is InChI=1S/C17H28N4O2.ClH/c1-13-11-14(23-19-13)12-20-7-9-21(10-8-20)16(22)15-17(2,3)5-4-6-18-15;/h11,15,18H,4-10,12H2,1-3H3;1H. The van der Waals surface area contributed by atoms with Gasteiger partial charge in [-0.05, 0) is 31.7 Å². The van der Waals surface area contributed by atoms with Crippen molar-refractivity contribution in [1.29, 1.82) is 0 Å². The number of halogens is 1. The number of hydrogen-bond acceptors (Lipinski definition) is 5. The summed E-state index contributed by atoms with van der Waals surface area (Å²) in [6.07, 6.45) is 2.27. The largest absolute Gasteiger partial charge is 0.360 e. The van der Waals surface area contributed by atoms with E-state index in [1.54, 1.807) is 0 Å². The second kappa shape index (κ2) is 7.85. The highest BCUT2D eigenvalue weighted by atomic mass is 35.5. The number of amides is 1. The van der Waals surface area contributed by atoms with Gasteiger partial charge < -0.3 is 14.7 Å². The second-order valence-electron chi connectivity index (χ2n) is 7.52. The number of rotatable bonds is 3. The molecule has 2 fully saturated rings. The zero-order chi connectivity index (χ0) is 16.4. The van der Waals surface area contributed by atoms with E-state index in [0.29, 0.717) is 0 Å². The maximum absolute atomic E-state index is 12.9. The second-order valence-corrected chi connectivity index (χ2v) is 7.52. The number of hydrogen-bond donors (Lipinski definition) is 1. The number of piperidine rings is 1. The summed E-state index contributed by atoms with van der Waals surface area (Å²) < 4.78 is 5.28. The van der Waals surface area contributed by atoms with Crippen LogP contribution in [-0.4, -0.2) is 59.6 Å². The molecule has 24 heavy (non-hydrogen) atoms. The smallest absolute Gasteiger partial charge is 0.240 e. The van der Waals surface area contributed by atoms with E-state index in [2.05, 4.69) is 29.2 Å². The SMILES string of the molecule is Cc1cc(CN2CCN(C(=O)C3NCCCC3(C)C)CC2)on1.Cl. The summed E-state index contributed by atoms with van der Waals surface area (Å²) in [5, 5.41) is 7.36. The highest BCUT2D eigenvalue weighted by molar-refractivity contribution is 5.85. The fourth-order valence-electron chi connectivity index (χ4n) is 3.65. The molecule has 3 rings (SSSR count). The third kappa shape index (κ3) is 4.29. The quantitative estimate of drug-likeness (QED) is 0.895. The lowest BCUT2D eigenvalue weighted by molar-refractivity contribution is -0.139. The molecule has 0 spiro atoms. The molecule has 2 aliphatic rings. The van der Waals surface area contributed by atoms with Crippen molar-refractivity contribution >= 4 is 18.3 Å². The van der Waals surface area contributed by atoms with Crippen molar-refractivity contribution in [2.75, 3.05) is 32.7 Å². The van der Waals surface area contributed by atoms with Gasteiger partial charge in [-0.1, -0.05) is 19.0 Å². The van der Waals surface area contributed by atoms with E-state index in [4.69, 9.17) is 4.52 Å². The first-order chi connectivity index (χ1) is 11.0. The number of piperazine rings is 1.